The Morgan fingerprint density at radius 3 is 1.09 bits per heavy atom. The van der Waals surface area contributed by atoms with Gasteiger partial charge < -0.3 is 4.74 Å². The van der Waals surface area contributed by atoms with Crippen molar-refractivity contribution in [2.24, 2.45) is 0 Å². The van der Waals surface area contributed by atoms with Crippen molar-refractivity contribution in [3.05, 3.63) is 97.1 Å². The van der Waals surface area contributed by atoms with Crippen molar-refractivity contribution in [1.29, 1.82) is 0 Å². The summed E-state index contributed by atoms with van der Waals surface area (Å²) in [5, 5.41) is 8.47. The molecule has 7 heteroatoms. The van der Waals surface area contributed by atoms with Crippen molar-refractivity contribution < 1.29 is 14.3 Å². The predicted molar refractivity (Wildman–Crippen MR) is 138 cm³/mol. The first kappa shape index (κ1) is 20.6. The molecule has 0 saturated carbocycles. The van der Waals surface area contributed by atoms with Gasteiger partial charge in [-0.15, -0.1) is 0 Å². The third-order valence-corrected chi connectivity index (χ3v) is 5.81. The number of nitrogens with one attached hydrogen (secondary N) is 2. The maximum Gasteiger partial charge on any atom is 0.420 e. The van der Waals surface area contributed by atoms with Crippen molar-refractivity contribution in [3.8, 4) is 0 Å². The Bertz CT molecular complexity index is 1540. The van der Waals surface area contributed by atoms with Gasteiger partial charge in [-0.25, -0.2) is 19.6 Å². The molecule has 7 nitrogen and oxygen atoms in total. The van der Waals surface area contributed by atoms with Gasteiger partial charge in [-0.2, -0.15) is 0 Å². The monoisotopic (exact) mass is 458 g/mol. The van der Waals surface area contributed by atoms with Crippen molar-refractivity contribution in [1.82, 2.24) is 9.97 Å². The summed E-state index contributed by atoms with van der Waals surface area (Å²) < 4.78 is 5.11. The van der Waals surface area contributed by atoms with E-state index in [1.807, 2.05) is 97.1 Å². The molecule has 0 radical (unpaired) electrons. The Morgan fingerprint density at radius 1 is 0.486 bits per heavy atom. The van der Waals surface area contributed by atoms with Crippen LogP contribution in [0.2, 0.25) is 0 Å². The highest BCUT2D eigenvalue weighted by atomic mass is 16.6. The zero-order chi connectivity index (χ0) is 23.8. The Hall–Kier alpha value is -5.04. The SMILES string of the molecule is O=C(Nc1c2ccccc2nc2ccccc12)OC(=O)Nc1c2ccccc2nc2ccccc12. The highest BCUT2D eigenvalue weighted by Crippen LogP contribution is 2.32. The number of hydrogen-bond acceptors (Lipinski definition) is 5. The number of fused-ring (bicyclic) bond motifs is 4. The van der Waals surface area contributed by atoms with Gasteiger partial charge >= 0.3 is 12.2 Å². The second kappa shape index (κ2) is 8.39. The molecule has 0 saturated heterocycles. The summed E-state index contributed by atoms with van der Waals surface area (Å²) in [7, 11) is 0. The number of carbonyl (C=O) groups is 2. The number of pyridine rings is 2. The topological polar surface area (TPSA) is 93.2 Å². The first-order chi connectivity index (χ1) is 17.2. The molecule has 2 aromatic heterocycles. The van der Waals surface area contributed by atoms with Gasteiger partial charge in [0.2, 0.25) is 0 Å². The van der Waals surface area contributed by atoms with Crippen LogP contribution in [-0.2, 0) is 4.74 Å². The van der Waals surface area contributed by atoms with Gasteiger partial charge in [0, 0.05) is 21.5 Å². The number of aromatic nitrogens is 2. The van der Waals surface area contributed by atoms with Gasteiger partial charge in [0.15, 0.2) is 0 Å². The van der Waals surface area contributed by atoms with Gasteiger partial charge in [-0.3, -0.25) is 10.6 Å². The number of nitrogens with zero attached hydrogens (tertiary/aromatic N) is 2. The van der Waals surface area contributed by atoms with Gasteiger partial charge in [0.25, 0.3) is 0 Å². The molecule has 6 rings (SSSR count). The molecule has 0 aliphatic carbocycles. The number of para-hydroxylation sites is 4. The first-order valence-electron chi connectivity index (χ1n) is 11.0. The lowest BCUT2D eigenvalue weighted by molar-refractivity contribution is 0.170. The van der Waals surface area contributed by atoms with E-state index in [1.165, 1.54) is 0 Å². The minimum Gasteiger partial charge on any atom is -0.359 e. The molecule has 2 amide bonds. The van der Waals surface area contributed by atoms with Crippen LogP contribution < -0.4 is 10.6 Å². The fourth-order valence-electron chi connectivity index (χ4n) is 4.29. The molecule has 6 aromatic rings. The smallest absolute Gasteiger partial charge is 0.359 e. The molecule has 2 heterocycles. The number of anilines is 2. The van der Waals surface area contributed by atoms with Crippen molar-refractivity contribution in [2.75, 3.05) is 10.6 Å². The Kier molecular flexibility index (Phi) is 4.93. The van der Waals surface area contributed by atoms with Gasteiger partial charge in [0.05, 0.1) is 33.4 Å². The molecule has 0 atom stereocenters. The van der Waals surface area contributed by atoms with E-state index in [2.05, 4.69) is 20.6 Å². The van der Waals surface area contributed by atoms with Crippen molar-refractivity contribution in [3.63, 3.8) is 0 Å². The van der Waals surface area contributed by atoms with E-state index in [0.29, 0.717) is 11.4 Å². The molecular formula is C28H18N4O3. The van der Waals surface area contributed by atoms with Crippen molar-refractivity contribution >= 4 is 67.2 Å². The number of rotatable bonds is 2. The largest absolute Gasteiger partial charge is 0.420 e. The molecule has 0 aliphatic heterocycles. The number of benzene rings is 4. The van der Waals surface area contributed by atoms with Crippen molar-refractivity contribution in [2.45, 2.75) is 0 Å². The van der Waals surface area contributed by atoms with E-state index in [0.717, 1.165) is 43.6 Å². The maximum atomic E-state index is 12.8. The molecule has 2 N–H and O–H groups in total. The standard InChI is InChI=1S/C28H18N4O3/c33-27(31-25-17-9-1-5-13-21(17)29-22-14-6-2-10-18(22)25)35-28(34)32-26-19-11-3-7-15-23(19)30-24-16-8-4-12-20(24)26/h1-16H,(H,29,31,33)(H,30,32,34). The fraction of sp³-hybridized carbons (Fsp3) is 0. The second-order valence-corrected chi connectivity index (χ2v) is 7.97. The highest BCUT2D eigenvalue weighted by molar-refractivity contribution is 6.15. The van der Waals surface area contributed by atoms with E-state index in [1.54, 1.807) is 0 Å². The number of hydrogen-bond donors (Lipinski definition) is 2. The molecule has 4 aromatic carbocycles. The molecule has 0 fully saturated rings. The molecule has 0 spiro atoms. The third kappa shape index (κ3) is 3.75. The van der Waals surface area contributed by atoms with Crippen LogP contribution in [0.4, 0.5) is 21.0 Å². The minimum absolute atomic E-state index is 0.531. The van der Waals surface area contributed by atoms with Crippen LogP contribution >= 0.6 is 0 Å². The molecule has 35 heavy (non-hydrogen) atoms. The van der Waals surface area contributed by atoms with Crippen LogP contribution in [0.1, 0.15) is 0 Å². The van der Waals surface area contributed by atoms with Crippen LogP contribution in [0.25, 0.3) is 43.6 Å². The summed E-state index contributed by atoms with van der Waals surface area (Å²) in [5.74, 6) is 0. The van der Waals surface area contributed by atoms with E-state index >= 15 is 0 Å². The maximum absolute atomic E-state index is 12.8. The summed E-state index contributed by atoms with van der Waals surface area (Å²) in [6.45, 7) is 0. The zero-order valence-corrected chi connectivity index (χ0v) is 18.4. The van der Waals surface area contributed by atoms with E-state index in [4.69, 9.17) is 4.74 Å². The summed E-state index contributed by atoms with van der Waals surface area (Å²) in [5.41, 5.74) is 3.95. The van der Waals surface area contributed by atoms with E-state index in [9.17, 15) is 9.59 Å². The lowest BCUT2D eigenvalue weighted by Crippen LogP contribution is -2.23. The predicted octanol–water partition coefficient (Wildman–Crippen LogP) is 6.87. The van der Waals surface area contributed by atoms with Crippen LogP contribution in [0.5, 0.6) is 0 Å². The summed E-state index contributed by atoms with van der Waals surface area (Å²) >= 11 is 0. The number of ether oxygens (including phenoxy) is 1. The molecule has 0 unspecified atom stereocenters. The van der Waals surface area contributed by atoms with Gasteiger partial charge in [-0.1, -0.05) is 72.8 Å². The van der Waals surface area contributed by atoms with Crippen LogP contribution in [-0.4, -0.2) is 22.2 Å². The van der Waals surface area contributed by atoms with Crippen LogP contribution in [0, 0.1) is 0 Å². The number of carbonyl (C=O) groups excluding carboxylic acids is 2. The second-order valence-electron chi connectivity index (χ2n) is 7.97. The molecule has 0 bridgehead atoms. The molecular weight excluding hydrogens is 440 g/mol. The fourth-order valence-corrected chi connectivity index (χ4v) is 4.29. The Balaban J connectivity index is 1.32. The van der Waals surface area contributed by atoms with Crippen LogP contribution in [0.15, 0.2) is 97.1 Å². The average Bonchev–Trinajstić information content (AvgIpc) is 2.88. The van der Waals surface area contributed by atoms with Gasteiger partial charge in [-0.05, 0) is 24.3 Å². The van der Waals surface area contributed by atoms with Gasteiger partial charge in [0.1, 0.15) is 0 Å². The first-order valence-corrected chi connectivity index (χ1v) is 11.0. The minimum atomic E-state index is -0.897. The summed E-state index contributed by atoms with van der Waals surface area (Å²) in [6.07, 6.45) is -1.79. The lowest BCUT2D eigenvalue weighted by Gasteiger charge is -2.14. The summed E-state index contributed by atoms with van der Waals surface area (Å²) in [6, 6.07) is 29.9. The lowest BCUT2D eigenvalue weighted by atomic mass is 10.1. The third-order valence-electron chi connectivity index (χ3n) is 5.81. The Morgan fingerprint density at radius 2 is 0.771 bits per heavy atom. The quantitative estimate of drug-likeness (QED) is 0.218. The number of amides is 2. The van der Waals surface area contributed by atoms with E-state index < -0.39 is 12.2 Å². The average molecular weight is 458 g/mol. The highest BCUT2D eigenvalue weighted by Gasteiger charge is 2.17. The normalized spacial score (nSPS) is 11.1. The molecule has 0 aliphatic rings. The zero-order valence-electron chi connectivity index (χ0n) is 18.4. The summed E-state index contributed by atoms with van der Waals surface area (Å²) in [4.78, 5) is 34.9. The Labute approximate surface area is 199 Å². The van der Waals surface area contributed by atoms with Crippen LogP contribution in [0.3, 0.4) is 0 Å². The molecule has 168 valence electrons. The van der Waals surface area contributed by atoms with E-state index in [-0.39, 0.29) is 0 Å².